The van der Waals surface area contributed by atoms with E-state index in [1.54, 1.807) is 6.07 Å². The molecule has 1 amide bonds. The van der Waals surface area contributed by atoms with E-state index in [4.69, 9.17) is 21.4 Å². The number of rotatable bonds is 4. The largest absolute Gasteiger partial charge is 0.496 e. The smallest absolute Gasteiger partial charge is 0.261 e. The maximum atomic E-state index is 12.8. The molecule has 0 atom stereocenters. The number of aryl methyl sites for hydroxylation is 3. The Morgan fingerprint density at radius 1 is 1.06 bits per heavy atom. The summed E-state index contributed by atoms with van der Waals surface area (Å²) in [6.45, 7) is 5.96. The standard InChI is InChI=1S/C25H22BrN3O3S/c1-13-7-14(2)9-16(8-13)24-28-20-12-18(5-6-21(20)32-24)27-25(33)29-23(30)19-11-17(26)10-15(3)22(19)31-4/h5-12H,1-4H3,(H2,27,29,30,33). The number of halogens is 1. The van der Waals surface area contributed by atoms with Gasteiger partial charge in [-0.15, -0.1) is 0 Å². The molecule has 6 nitrogen and oxygen atoms in total. The molecule has 4 aromatic rings. The van der Waals surface area contributed by atoms with Gasteiger partial charge in [-0.2, -0.15) is 0 Å². The van der Waals surface area contributed by atoms with E-state index in [-0.39, 0.29) is 11.0 Å². The van der Waals surface area contributed by atoms with Crippen LogP contribution in [-0.4, -0.2) is 23.1 Å². The molecular weight excluding hydrogens is 502 g/mol. The summed E-state index contributed by atoms with van der Waals surface area (Å²) in [5.74, 6) is 0.691. The normalized spacial score (nSPS) is 10.8. The molecule has 0 aliphatic heterocycles. The molecule has 168 valence electrons. The highest BCUT2D eigenvalue weighted by Gasteiger charge is 2.17. The highest BCUT2D eigenvalue weighted by molar-refractivity contribution is 9.10. The van der Waals surface area contributed by atoms with Crippen molar-refractivity contribution in [3.8, 4) is 17.2 Å². The van der Waals surface area contributed by atoms with Gasteiger partial charge in [0.25, 0.3) is 5.91 Å². The predicted molar refractivity (Wildman–Crippen MR) is 138 cm³/mol. The molecule has 0 radical (unpaired) electrons. The Morgan fingerprint density at radius 2 is 1.79 bits per heavy atom. The van der Waals surface area contributed by atoms with Crippen molar-refractivity contribution in [1.82, 2.24) is 10.3 Å². The van der Waals surface area contributed by atoms with Gasteiger partial charge in [-0.3, -0.25) is 10.1 Å². The Hall–Kier alpha value is -3.23. The number of aromatic nitrogens is 1. The van der Waals surface area contributed by atoms with Gasteiger partial charge in [0.1, 0.15) is 11.3 Å². The number of fused-ring (bicyclic) bond motifs is 1. The molecule has 3 aromatic carbocycles. The lowest BCUT2D eigenvalue weighted by Crippen LogP contribution is -2.34. The van der Waals surface area contributed by atoms with Gasteiger partial charge in [-0.05, 0) is 81.0 Å². The van der Waals surface area contributed by atoms with E-state index in [1.807, 2.05) is 57.2 Å². The zero-order valence-corrected chi connectivity index (χ0v) is 21.0. The fourth-order valence-corrected chi connectivity index (χ4v) is 4.51. The Kier molecular flexibility index (Phi) is 6.49. The molecule has 33 heavy (non-hydrogen) atoms. The van der Waals surface area contributed by atoms with E-state index in [2.05, 4.69) is 37.6 Å². The minimum Gasteiger partial charge on any atom is -0.496 e. The molecule has 0 unspecified atom stereocenters. The highest BCUT2D eigenvalue weighted by atomic mass is 79.9. The third-order valence-electron chi connectivity index (χ3n) is 5.03. The van der Waals surface area contributed by atoms with Crippen molar-refractivity contribution in [2.75, 3.05) is 12.4 Å². The number of nitrogens with zero attached hydrogens (tertiary/aromatic N) is 1. The van der Waals surface area contributed by atoms with Crippen LogP contribution in [0.5, 0.6) is 5.75 Å². The number of nitrogens with one attached hydrogen (secondary N) is 2. The van der Waals surface area contributed by atoms with Crippen LogP contribution in [0, 0.1) is 20.8 Å². The molecule has 0 saturated heterocycles. The molecule has 0 spiro atoms. The molecule has 0 saturated carbocycles. The summed E-state index contributed by atoms with van der Waals surface area (Å²) in [5, 5.41) is 5.90. The zero-order chi connectivity index (χ0) is 23.7. The fourth-order valence-electron chi connectivity index (χ4n) is 3.73. The molecule has 8 heteroatoms. The average Bonchev–Trinajstić information content (AvgIpc) is 3.16. The van der Waals surface area contributed by atoms with Crippen LogP contribution in [0.15, 0.2) is 57.4 Å². The van der Waals surface area contributed by atoms with Gasteiger partial charge in [-0.1, -0.05) is 33.1 Å². The number of amides is 1. The zero-order valence-electron chi connectivity index (χ0n) is 18.6. The maximum Gasteiger partial charge on any atom is 0.261 e. The average molecular weight is 524 g/mol. The Bertz CT molecular complexity index is 1380. The van der Waals surface area contributed by atoms with Crippen LogP contribution in [0.25, 0.3) is 22.6 Å². The quantitative estimate of drug-likeness (QED) is 0.305. The van der Waals surface area contributed by atoms with Crippen molar-refractivity contribution in [2.24, 2.45) is 0 Å². The maximum absolute atomic E-state index is 12.8. The monoisotopic (exact) mass is 523 g/mol. The lowest BCUT2D eigenvalue weighted by Gasteiger charge is -2.13. The SMILES string of the molecule is COc1c(C)cc(Br)cc1C(=O)NC(=S)Nc1ccc2oc(-c3cc(C)cc(C)c3)nc2c1. The lowest BCUT2D eigenvalue weighted by molar-refractivity contribution is 0.0974. The van der Waals surface area contributed by atoms with E-state index in [9.17, 15) is 4.79 Å². The molecular formula is C25H22BrN3O3S. The number of anilines is 1. The predicted octanol–water partition coefficient (Wildman–Crippen LogP) is 6.32. The summed E-state index contributed by atoms with van der Waals surface area (Å²) in [5.41, 5.74) is 6.49. The number of carbonyl (C=O) groups excluding carboxylic acids is 1. The van der Waals surface area contributed by atoms with Crippen molar-refractivity contribution >= 4 is 56.0 Å². The minimum atomic E-state index is -0.367. The van der Waals surface area contributed by atoms with Gasteiger partial charge >= 0.3 is 0 Å². The van der Waals surface area contributed by atoms with E-state index in [0.29, 0.717) is 34.0 Å². The van der Waals surface area contributed by atoms with Gasteiger partial charge in [0.2, 0.25) is 5.89 Å². The Morgan fingerprint density at radius 3 is 2.48 bits per heavy atom. The van der Waals surface area contributed by atoms with Gasteiger partial charge < -0.3 is 14.5 Å². The number of oxazole rings is 1. The second-order valence-corrected chi connectivity index (χ2v) is 9.11. The summed E-state index contributed by atoms with van der Waals surface area (Å²) in [6, 6.07) is 15.2. The summed E-state index contributed by atoms with van der Waals surface area (Å²) < 4.78 is 12.1. The second kappa shape index (κ2) is 9.33. The Labute approximate surface area is 205 Å². The van der Waals surface area contributed by atoms with Crippen molar-refractivity contribution < 1.29 is 13.9 Å². The van der Waals surface area contributed by atoms with Crippen LogP contribution in [0.4, 0.5) is 5.69 Å². The molecule has 0 aliphatic rings. The van der Waals surface area contributed by atoms with Gasteiger partial charge in [-0.25, -0.2) is 4.98 Å². The number of carbonyl (C=O) groups is 1. The summed E-state index contributed by atoms with van der Waals surface area (Å²) in [4.78, 5) is 17.4. The van der Waals surface area contributed by atoms with Crippen LogP contribution in [-0.2, 0) is 0 Å². The molecule has 4 rings (SSSR count). The van der Waals surface area contributed by atoms with Crippen molar-refractivity contribution in [3.63, 3.8) is 0 Å². The van der Waals surface area contributed by atoms with Crippen LogP contribution in [0.2, 0.25) is 0 Å². The number of hydrogen-bond acceptors (Lipinski definition) is 5. The molecule has 0 fully saturated rings. The van der Waals surface area contributed by atoms with E-state index in [1.165, 1.54) is 7.11 Å². The van der Waals surface area contributed by atoms with Crippen molar-refractivity contribution in [1.29, 1.82) is 0 Å². The third-order valence-corrected chi connectivity index (χ3v) is 5.69. The van der Waals surface area contributed by atoms with Crippen LogP contribution >= 0.6 is 28.1 Å². The lowest BCUT2D eigenvalue weighted by atomic mass is 10.1. The molecule has 0 aliphatic carbocycles. The fraction of sp³-hybridized carbons (Fsp3) is 0.160. The molecule has 1 aromatic heterocycles. The van der Waals surface area contributed by atoms with Crippen LogP contribution in [0.3, 0.4) is 0 Å². The summed E-state index contributed by atoms with van der Waals surface area (Å²) in [7, 11) is 1.53. The first-order chi connectivity index (χ1) is 15.7. The number of benzene rings is 3. The first-order valence-electron chi connectivity index (χ1n) is 10.2. The highest BCUT2D eigenvalue weighted by Crippen LogP contribution is 2.29. The minimum absolute atomic E-state index is 0.164. The Balaban J connectivity index is 1.52. The van der Waals surface area contributed by atoms with Gasteiger partial charge in [0.15, 0.2) is 10.7 Å². The summed E-state index contributed by atoms with van der Waals surface area (Å²) >= 11 is 8.77. The molecule has 1 heterocycles. The summed E-state index contributed by atoms with van der Waals surface area (Å²) in [6.07, 6.45) is 0. The molecule has 0 bridgehead atoms. The van der Waals surface area contributed by atoms with Gasteiger partial charge in [0.05, 0.1) is 12.7 Å². The number of thiocarbonyl (C=S) groups is 1. The number of hydrogen-bond donors (Lipinski definition) is 2. The number of methoxy groups -OCH3 is 1. The molecule has 2 N–H and O–H groups in total. The third kappa shape index (κ3) is 5.07. The van der Waals surface area contributed by atoms with Crippen molar-refractivity contribution in [2.45, 2.75) is 20.8 Å². The van der Waals surface area contributed by atoms with Crippen LogP contribution < -0.4 is 15.4 Å². The van der Waals surface area contributed by atoms with Gasteiger partial charge in [0, 0.05) is 15.7 Å². The second-order valence-electron chi connectivity index (χ2n) is 7.79. The number of ether oxygens (including phenoxy) is 1. The van der Waals surface area contributed by atoms with E-state index >= 15 is 0 Å². The van der Waals surface area contributed by atoms with Crippen molar-refractivity contribution in [3.05, 3.63) is 75.3 Å². The first-order valence-corrected chi connectivity index (χ1v) is 11.4. The van der Waals surface area contributed by atoms with E-state index < -0.39 is 0 Å². The topological polar surface area (TPSA) is 76.4 Å². The van der Waals surface area contributed by atoms with Crippen LogP contribution in [0.1, 0.15) is 27.0 Å². The van der Waals surface area contributed by atoms with E-state index in [0.717, 1.165) is 26.7 Å². The first kappa shape index (κ1) is 22.9.